The fraction of sp³-hybridized carbons (Fsp3) is 0.364. The monoisotopic (exact) mass is 257 g/mol. The molecule has 0 aliphatic carbocycles. The Labute approximate surface area is 106 Å². The molecule has 0 atom stereocenters. The topological polar surface area (TPSA) is 39.1 Å². The standard InChI is InChI=1S/C11H12ClN3.ClH/c12-10-2-1-3-11(9(10)8-13)15-6-4-14-5-7-15;/h1-3,14H,4-7H2;1H. The van der Waals surface area contributed by atoms with E-state index in [2.05, 4.69) is 16.3 Å². The average molecular weight is 258 g/mol. The minimum atomic E-state index is 0. The first kappa shape index (κ1) is 13.1. The van der Waals surface area contributed by atoms with E-state index >= 15 is 0 Å². The maximum Gasteiger partial charge on any atom is 0.103 e. The molecule has 3 nitrogen and oxygen atoms in total. The smallest absolute Gasteiger partial charge is 0.103 e. The maximum absolute atomic E-state index is 9.05. The normalized spacial score (nSPS) is 15.1. The lowest BCUT2D eigenvalue weighted by Gasteiger charge is -2.30. The minimum absolute atomic E-state index is 0. The molecule has 0 saturated carbocycles. The number of hydrogen-bond acceptors (Lipinski definition) is 3. The summed E-state index contributed by atoms with van der Waals surface area (Å²) in [7, 11) is 0. The third-order valence-electron chi connectivity index (χ3n) is 2.56. The van der Waals surface area contributed by atoms with Gasteiger partial charge in [-0.25, -0.2) is 0 Å². The number of piperazine rings is 1. The second-order valence-corrected chi connectivity index (χ2v) is 3.89. The fourth-order valence-corrected chi connectivity index (χ4v) is 2.00. The van der Waals surface area contributed by atoms with Crippen molar-refractivity contribution in [3.63, 3.8) is 0 Å². The minimum Gasteiger partial charge on any atom is -0.368 e. The molecule has 1 aromatic carbocycles. The Morgan fingerprint density at radius 1 is 1.31 bits per heavy atom. The number of benzene rings is 1. The molecule has 0 unspecified atom stereocenters. The van der Waals surface area contributed by atoms with Gasteiger partial charge in [0.1, 0.15) is 6.07 Å². The number of nitriles is 1. The van der Waals surface area contributed by atoms with Gasteiger partial charge in [0.2, 0.25) is 0 Å². The summed E-state index contributed by atoms with van der Waals surface area (Å²) in [6.07, 6.45) is 0. The molecule has 0 aromatic heterocycles. The molecule has 1 aliphatic rings. The van der Waals surface area contributed by atoms with Crippen LogP contribution in [0.2, 0.25) is 5.02 Å². The second-order valence-electron chi connectivity index (χ2n) is 3.48. The lowest BCUT2D eigenvalue weighted by molar-refractivity contribution is 0.589. The van der Waals surface area contributed by atoms with Crippen molar-refractivity contribution in [1.29, 1.82) is 5.26 Å². The molecule has 0 amide bonds. The zero-order chi connectivity index (χ0) is 10.7. The van der Waals surface area contributed by atoms with E-state index in [1.807, 2.05) is 12.1 Å². The van der Waals surface area contributed by atoms with Crippen LogP contribution in [0.1, 0.15) is 5.56 Å². The van der Waals surface area contributed by atoms with Crippen molar-refractivity contribution in [2.45, 2.75) is 0 Å². The van der Waals surface area contributed by atoms with Gasteiger partial charge in [-0.2, -0.15) is 5.26 Å². The molecule has 86 valence electrons. The van der Waals surface area contributed by atoms with Gasteiger partial charge in [0, 0.05) is 26.2 Å². The first-order chi connectivity index (χ1) is 7.33. The summed E-state index contributed by atoms with van der Waals surface area (Å²) in [5, 5.41) is 12.9. The highest BCUT2D eigenvalue weighted by molar-refractivity contribution is 6.32. The van der Waals surface area contributed by atoms with Crippen LogP contribution in [0.4, 0.5) is 5.69 Å². The summed E-state index contributed by atoms with van der Waals surface area (Å²) in [5.41, 5.74) is 1.53. The van der Waals surface area contributed by atoms with Crippen molar-refractivity contribution >= 4 is 29.7 Å². The van der Waals surface area contributed by atoms with Gasteiger partial charge in [-0.15, -0.1) is 12.4 Å². The molecule has 0 radical (unpaired) electrons. The lowest BCUT2D eigenvalue weighted by Crippen LogP contribution is -2.43. The summed E-state index contributed by atoms with van der Waals surface area (Å²) in [6.45, 7) is 3.76. The van der Waals surface area contributed by atoms with Crippen molar-refractivity contribution in [3.05, 3.63) is 28.8 Å². The largest absolute Gasteiger partial charge is 0.368 e. The van der Waals surface area contributed by atoms with Crippen LogP contribution in [0, 0.1) is 11.3 Å². The summed E-state index contributed by atoms with van der Waals surface area (Å²) < 4.78 is 0. The van der Waals surface area contributed by atoms with E-state index in [0.29, 0.717) is 10.6 Å². The number of hydrogen-bond donors (Lipinski definition) is 1. The average Bonchev–Trinajstić information content (AvgIpc) is 2.30. The van der Waals surface area contributed by atoms with Crippen LogP contribution in [0.3, 0.4) is 0 Å². The van der Waals surface area contributed by atoms with E-state index in [4.69, 9.17) is 16.9 Å². The van der Waals surface area contributed by atoms with Gasteiger partial charge < -0.3 is 10.2 Å². The first-order valence-electron chi connectivity index (χ1n) is 4.97. The Hall–Kier alpha value is -0.950. The molecule has 5 heteroatoms. The predicted molar refractivity (Wildman–Crippen MR) is 68.5 cm³/mol. The van der Waals surface area contributed by atoms with Crippen molar-refractivity contribution in [2.75, 3.05) is 31.1 Å². The number of anilines is 1. The van der Waals surface area contributed by atoms with Crippen molar-refractivity contribution in [1.82, 2.24) is 5.32 Å². The number of nitrogens with zero attached hydrogens (tertiary/aromatic N) is 2. The second kappa shape index (κ2) is 5.95. The van der Waals surface area contributed by atoms with Crippen LogP contribution in [0.15, 0.2) is 18.2 Å². The van der Waals surface area contributed by atoms with E-state index in [1.54, 1.807) is 6.07 Å². The first-order valence-corrected chi connectivity index (χ1v) is 5.35. The van der Waals surface area contributed by atoms with Crippen LogP contribution in [-0.4, -0.2) is 26.2 Å². The Morgan fingerprint density at radius 3 is 2.62 bits per heavy atom. The Bertz CT molecular complexity index is 395. The Balaban J connectivity index is 0.00000128. The van der Waals surface area contributed by atoms with Crippen molar-refractivity contribution in [3.8, 4) is 6.07 Å². The lowest BCUT2D eigenvalue weighted by atomic mass is 10.1. The molecule has 1 aliphatic heterocycles. The highest BCUT2D eigenvalue weighted by Gasteiger charge is 2.15. The number of rotatable bonds is 1. The predicted octanol–water partition coefficient (Wildman–Crippen LogP) is 2.04. The van der Waals surface area contributed by atoms with Crippen molar-refractivity contribution in [2.24, 2.45) is 0 Å². The highest BCUT2D eigenvalue weighted by atomic mass is 35.5. The summed E-state index contributed by atoms with van der Waals surface area (Å²) >= 11 is 5.98. The molecule has 0 bridgehead atoms. The molecule has 1 aromatic rings. The molecular formula is C11H13Cl2N3. The van der Waals surface area contributed by atoms with Gasteiger partial charge in [0.25, 0.3) is 0 Å². The van der Waals surface area contributed by atoms with Gasteiger partial charge >= 0.3 is 0 Å². The van der Waals surface area contributed by atoms with Gasteiger partial charge in [0.05, 0.1) is 16.3 Å². The van der Waals surface area contributed by atoms with Crippen molar-refractivity contribution < 1.29 is 0 Å². The number of nitrogens with one attached hydrogen (secondary N) is 1. The van der Waals surface area contributed by atoms with Gasteiger partial charge in [-0.05, 0) is 12.1 Å². The van der Waals surface area contributed by atoms with Crippen LogP contribution < -0.4 is 10.2 Å². The summed E-state index contributed by atoms with van der Waals surface area (Å²) in [6, 6.07) is 7.77. The Kier molecular flexibility index (Phi) is 4.88. The zero-order valence-electron chi connectivity index (χ0n) is 8.74. The maximum atomic E-state index is 9.05. The summed E-state index contributed by atoms with van der Waals surface area (Å²) in [4.78, 5) is 2.20. The van der Waals surface area contributed by atoms with E-state index in [0.717, 1.165) is 31.9 Å². The van der Waals surface area contributed by atoms with E-state index in [-0.39, 0.29) is 12.4 Å². The zero-order valence-corrected chi connectivity index (χ0v) is 10.3. The molecule has 16 heavy (non-hydrogen) atoms. The SMILES string of the molecule is Cl.N#Cc1c(Cl)cccc1N1CCNCC1. The molecule has 0 spiro atoms. The van der Waals surface area contributed by atoms with Gasteiger partial charge in [-0.3, -0.25) is 0 Å². The van der Waals surface area contributed by atoms with Crippen LogP contribution >= 0.6 is 24.0 Å². The fourth-order valence-electron chi connectivity index (χ4n) is 1.79. The molecule has 1 N–H and O–H groups in total. The summed E-state index contributed by atoms with van der Waals surface area (Å²) in [5.74, 6) is 0. The van der Waals surface area contributed by atoms with Crippen LogP contribution in [0.5, 0.6) is 0 Å². The molecule has 1 saturated heterocycles. The van der Waals surface area contributed by atoms with Gasteiger partial charge in [0.15, 0.2) is 0 Å². The van der Waals surface area contributed by atoms with E-state index in [1.165, 1.54) is 0 Å². The highest BCUT2D eigenvalue weighted by Crippen LogP contribution is 2.26. The van der Waals surface area contributed by atoms with Gasteiger partial charge in [-0.1, -0.05) is 17.7 Å². The van der Waals surface area contributed by atoms with Crippen LogP contribution in [-0.2, 0) is 0 Å². The number of halogens is 2. The van der Waals surface area contributed by atoms with E-state index in [9.17, 15) is 0 Å². The molecule has 2 rings (SSSR count). The Morgan fingerprint density at radius 2 is 2.00 bits per heavy atom. The third-order valence-corrected chi connectivity index (χ3v) is 2.88. The molecule has 1 fully saturated rings. The molecule has 1 heterocycles. The molecular weight excluding hydrogens is 245 g/mol. The van der Waals surface area contributed by atoms with Crippen LogP contribution in [0.25, 0.3) is 0 Å². The van der Waals surface area contributed by atoms with E-state index < -0.39 is 0 Å². The third kappa shape index (κ3) is 2.59. The quantitative estimate of drug-likeness (QED) is 0.837.